The van der Waals surface area contributed by atoms with E-state index < -0.39 is 17.8 Å². The van der Waals surface area contributed by atoms with Gasteiger partial charge in [0, 0.05) is 19.7 Å². The molecule has 0 fully saturated rings. The average molecular weight is 241 g/mol. The number of carboxylic acid groups (broad SMARTS) is 1. The standard InChI is InChI=1S/C10H12FN3O3/c1-14(3-2-9(15)16)10(17)13-8-4-7(11)5-12-6-8/h4-6H,2-3H2,1H3,(H,13,17)(H,15,16). The van der Waals surface area contributed by atoms with Crippen LogP contribution in [0.5, 0.6) is 0 Å². The van der Waals surface area contributed by atoms with Gasteiger partial charge in [0.05, 0.1) is 24.5 Å². The summed E-state index contributed by atoms with van der Waals surface area (Å²) in [6, 6.07) is 0.606. The third kappa shape index (κ3) is 4.45. The SMILES string of the molecule is CN(CCC(=O)O)C(=O)Nc1cncc(F)c1. The summed E-state index contributed by atoms with van der Waals surface area (Å²) in [4.78, 5) is 26.6. The van der Waals surface area contributed by atoms with Crippen LogP contribution in [0.4, 0.5) is 14.9 Å². The number of hydrogen-bond donors (Lipinski definition) is 2. The Morgan fingerprint density at radius 3 is 2.82 bits per heavy atom. The lowest BCUT2D eigenvalue weighted by Gasteiger charge is -2.16. The van der Waals surface area contributed by atoms with E-state index in [9.17, 15) is 14.0 Å². The number of pyridine rings is 1. The van der Waals surface area contributed by atoms with Gasteiger partial charge in [-0.05, 0) is 0 Å². The molecule has 1 aromatic heterocycles. The Balaban J connectivity index is 2.51. The van der Waals surface area contributed by atoms with Crippen molar-refractivity contribution in [1.29, 1.82) is 0 Å². The summed E-state index contributed by atoms with van der Waals surface area (Å²) >= 11 is 0. The third-order valence-corrected chi connectivity index (χ3v) is 1.96. The van der Waals surface area contributed by atoms with Gasteiger partial charge < -0.3 is 15.3 Å². The van der Waals surface area contributed by atoms with E-state index in [-0.39, 0.29) is 18.7 Å². The number of urea groups is 1. The lowest BCUT2D eigenvalue weighted by atomic mass is 10.4. The fourth-order valence-electron chi connectivity index (χ4n) is 1.06. The Labute approximate surface area is 97.1 Å². The quantitative estimate of drug-likeness (QED) is 0.828. The average Bonchev–Trinajstić information content (AvgIpc) is 2.25. The van der Waals surface area contributed by atoms with Crippen molar-refractivity contribution < 1.29 is 19.1 Å². The Morgan fingerprint density at radius 2 is 2.24 bits per heavy atom. The maximum Gasteiger partial charge on any atom is 0.321 e. The predicted molar refractivity (Wildman–Crippen MR) is 58.1 cm³/mol. The Kier molecular flexibility index (Phi) is 4.38. The van der Waals surface area contributed by atoms with Crippen molar-refractivity contribution in [2.45, 2.75) is 6.42 Å². The first-order valence-corrected chi connectivity index (χ1v) is 4.83. The highest BCUT2D eigenvalue weighted by Crippen LogP contribution is 2.07. The van der Waals surface area contributed by atoms with Crippen molar-refractivity contribution in [1.82, 2.24) is 9.88 Å². The van der Waals surface area contributed by atoms with Crippen LogP contribution in [0, 0.1) is 5.82 Å². The van der Waals surface area contributed by atoms with Crippen LogP contribution in [0.1, 0.15) is 6.42 Å². The fraction of sp³-hybridized carbons (Fsp3) is 0.300. The van der Waals surface area contributed by atoms with Gasteiger partial charge in [-0.15, -0.1) is 0 Å². The van der Waals surface area contributed by atoms with Gasteiger partial charge in [-0.25, -0.2) is 9.18 Å². The van der Waals surface area contributed by atoms with Crippen molar-refractivity contribution in [2.75, 3.05) is 18.9 Å². The lowest BCUT2D eigenvalue weighted by molar-refractivity contribution is -0.137. The predicted octanol–water partition coefficient (Wildman–Crippen LogP) is 1.16. The van der Waals surface area contributed by atoms with Crippen LogP contribution in [-0.4, -0.2) is 40.6 Å². The van der Waals surface area contributed by atoms with E-state index >= 15 is 0 Å². The van der Waals surface area contributed by atoms with Crippen LogP contribution in [-0.2, 0) is 4.79 Å². The van der Waals surface area contributed by atoms with E-state index in [0.717, 1.165) is 12.3 Å². The number of carboxylic acids is 1. The Morgan fingerprint density at radius 1 is 1.53 bits per heavy atom. The number of amides is 2. The number of aliphatic carboxylic acids is 1. The zero-order valence-corrected chi connectivity index (χ0v) is 9.18. The van der Waals surface area contributed by atoms with Crippen LogP contribution in [0.15, 0.2) is 18.5 Å². The van der Waals surface area contributed by atoms with E-state index in [1.165, 1.54) is 18.1 Å². The first kappa shape index (κ1) is 12.9. The van der Waals surface area contributed by atoms with E-state index in [2.05, 4.69) is 10.3 Å². The van der Waals surface area contributed by atoms with Gasteiger partial charge >= 0.3 is 12.0 Å². The molecule has 0 spiro atoms. The van der Waals surface area contributed by atoms with Crippen molar-refractivity contribution >= 4 is 17.7 Å². The molecule has 1 aromatic rings. The highest BCUT2D eigenvalue weighted by molar-refractivity contribution is 5.89. The molecule has 0 aliphatic heterocycles. The molecule has 2 N–H and O–H groups in total. The summed E-state index contributed by atoms with van der Waals surface area (Å²) < 4.78 is 12.8. The van der Waals surface area contributed by atoms with E-state index in [4.69, 9.17) is 5.11 Å². The van der Waals surface area contributed by atoms with Gasteiger partial charge in [-0.1, -0.05) is 0 Å². The maximum atomic E-state index is 12.8. The van der Waals surface area contributed by atoms with Crippen LogP contribution < -0.4 is 5.32 Å². The van der Waals surface area contributed by atoms with Gasteiger partial charge in [0.15, 0.2) is 0 Å². The molecule has 2 amide bonds. The minimum atomic E-state index is -0.989. The molecule has 7 heteroatoms. The molecular weight excluding hydrogens is 229 g/mol. The topological polar surface area (TPSA) is 82.5 Å². The molecule has 0 bridgehead atoms. The van der Waals surface area contributed by atoms with Crippen molar-refractivity contribution in [2.24, 2.45) is 0 Å². The molecule has 0 atom stereocenters. The minimum absolute atomic E-state index is 0.0733. The number of carbonyl (C=O) groups is 2. The second-order valence-corrected chi connectivity index (χ2v) is 3.39. The molecule has 0 saturated heterocycles. The first-order chi connectivity index (χ1) is 7.99. The minimum Gasteiger partial charge on any atom is -0.481 e. The largest absolute Gasteiger partial charge is 0.481 e. The Bertz CT molecular complexity index is 425. The number of nitrogens with one attached hydrogen (secondary N) is 1. The van der Waals surface area contributed by atoms with Crippen molar-refractivity contribution in [3.63, 3.8) is 0 Å². The number of nitrogens with zero attached hydrogens (tertiary/aromatic N) is 2. The smallest absolute Gasteiger partial charge is 0.321 e. The number of halogens is 1. The summed E-state index contributed by atoms with van der Waals surface area (Å²) in [6.45, 7) is 0.0733. The highest BCUT2D eigenvalue weighted by atomic mass is 19.1. The monoisotopic (exact) mass is 241 g/mol. The number of hydrogen-bond acceptors (Lipinski definition) is 3. The lowest BCUT2D eigenvalue weighted by Crippen LogP contribution is -2.33. The number of anilines is 1. The van der Waals surface area contributed by atoms with Gasteiger partial charge in [-0.3, -0.25) is 9.78 Å². The van der Waals surface area contributed by atoms with Gasteiger partial charge in [0.25, 0.3) is 0 Å². The molecule has 0 aliphatic rings. The number of carbonyl (C=O) groups excluding carboxylic acids is 1. The summed E-state index contributed by atoms with van der Waals surface area (Å²) in [5, 5.41) is 10.9. The molecular formula is C10H12FN3O3. The molecule has 6 nitrogen and oxygen atoms in total. The molecule has 0 unspecified atom stereocenters. The van der Waals surface area contributed by atoms with Crippen LogP contribution in [0.3, 0.4) is 0 Å². The van der Waals surface area contributed by atoms with Crippen molar-refractivity contribution in [3.05, 3.63) is 24.3 Å². The van der Waals surface area contributed by atoms with Crippen molar-refractivity contribution in [3.8, 4) is 0 Å². The van der Waals surface area contributed by atoms with Gasteiger partial charge in [0.1, 0.15) is 5.82 Å². The number of aromatic nitrogens is 1. The summed E-state index contributed by atoms with van der Waals surface area (Å²) in [6.07, 6.45) is 2.17. The highest BCUT2D eigenvalue weighted by Gasteiger charge is 2.10. The number of rotatable bonds is 4. The normalized spacial score (nSPS) is 9.76. The molecule has 0 aromatic carbocycles. The van der Waals surface area contributed by atoms with Crippen LogP contribution in [0.25, 0.3) is 0 Å². The molecule has 1 heterocycles. The fourth-order valence-corrected chi connectivity index (χ4v) is 1.06. The summed E-state index contributed by atoms with van der Waals surface area (Å²) in [5.74, 6) is -1.55. The van der Waals surface area contributed by atoms with Crippen LogP contribution >= 0.6 is 0 Å². The molecule has 0 saturated carbocycles. The zero-order valence-electron chi connectivity index (χ0n) is 9.18. The van der Waals surface area contributed by atoms with Gasteiger partial charge in [0.2, 0.25) is 0 Å². The maximum absolute atomic E-state index is 12.8. The van der Waals surface area contributed by atoms with E-state index in [1.54, 1.807) is 0 Å². The molecule has 0 radical (unpaired) electrons. The second kappa shape index (κ2) is 5.78. The summed E-state index contributed by atoms with van der Waals surface area (Å²) in [5.41, 5.74) is 0.220. The molecule has 1 rings (SSSR count). The Hall–Kier alpha value is -2.18. The second-order valence-electron chi connectivity index (χ2n) is 3.39. The van der Waals surface area contributed by atoms with E-state index in [1.807, 2.05) is 0 Å². The molecule has 0 aliphatic carbocycles. The van der Waals surface area contributed by atoms with Crippen LogP contribution in [0.2, 0.25) is 0 Å². The van der Waals surface area contributed by atoms with E-state index in [0.29, 0.717) is 0 Å². The summed E-state index contributed by atoms with van der Waals surface area (Å²) in [7, 11) is 1.45. The third-order valence-electron chi connectivity index (χ3n) is 1.96. The molecule has 17 heavy (non-hydrogen) atoms. The zero-order chi connectivity index (χ0) is 12.8. The first-order valence-electron chi connectivity index (χ1n) is 4.83. The van der Waals surface area contributed by atoms with Gasteiger partial charge in [-0.2, -0.15) is 0 Å². The molecule has 92 valence electrons.